The van der Waals surface area contributed by atoms with Gasteiger partial charge >= 0.3 is 5.97 Å². The first kappa shape index (κ1) is 12.1. The quantitative estimate of drug-likeness (QED) is 0.530. The highest BCUT2D eigenvalue weighted by atomic mass is 16.6. The van der Waals surface area contributed by atoms with Crippen LogP contribution < -0.4 is 0 Å². The lowest BCUT2D eigenvalue weighted by molar-refractivity contribution is -0.642. The van der Waals surface area contributed by atoms with Crippen molar-refractivity contribution in [3.63, 3.8) is 0 Å². The lowest BCUT2D eigenvalue weighted by Crippen LogP contribution is -2.58. The maximum Gasteiger partial charge on any atom is 0.378 e. The van der Waals surface area contributed by atoms with Crippen molar-refractivity contribution in [2.24, 2.45) is 11.8 Å². The lowest BCUT2D eigenvalue weighted by atomic mass is 9.68. The summed E-state index contributed by atoms with van der Waals surface area (Å²) in [6.45, 7) is 5.66. The van der Waals surface area contributed by atoms with E-state index in [4.69, 9.17) is 4.74 Å². The molecule has 2 saturated carbocycles. The van der Waals surface area contributed by atoms with Gasteiger partial charge in [-0.3, -0.25) is 0 Å². The number of esters is 1. The van der Waals surface area contributed by atoms with Gasteiger partial charge in [0.2, 0.25) is 0 Å². The van der Waals surface area contributed by atoms with E-state index in [1.165, 1.54) is 11.1 Å². The summed E-state index contributed by atoms with van der Waals surface area (Å²) in [6, 6.07) is 0.174. The molecule has 2 aliphatic carbocycles. The van der Waals surface area contributed by atoms with Crippen molar-refractivity contribution < 1.29 is 14.2 Å². The standard InChI is InChI=1S/C14H22N2O2/c1-13(2,3)18-12(17)14-6-4-5-9-7-10(16(14)15)8-11(9)14/h9-11H,4-8H2,1-3H3/t9?,10-,11?,14-/m1/s1. The van der Waals surface area contributed by atoms with E-state index in [0.29, 0.717) is 11.8 Å². The number of ether oxygens (including phenoxy) is 1. The minimum atomic E-state index is -0.737. The second kappa shape index (κ2) is 3.55. The van der Waals surface area contributed by atoms with Crippen molar-refractivity contribution in [1.82, 2.24) is 0 Å². The molecule has 0 aromatic heterocycles. The normalized spacial score (nSPS) is 42.2. The van der Waals surface area contributed by atoms with Crippen molar-refractivity contribution in [3.8, 4) is 0 Å². The fraction of sp³-hybridized carbons (Fsp3) is 0.929. The Balaban J connectivity index is 1.93. The molecule has 3 rings (SSSR count). The van der Waals surface area contributed by atoms with Crippen LogP contribution in [0.4, 0.5) is 0 Å². The molecule has 1 aliphatic heterocycles. The number of hydrogen-bond acceptors (Lipinski definition) is 2. The van der Waals surface area contributed by atoms with Crippen LogP contribution in [0.15, 0.2) is 0 Å². The molecule has 2 unspecified atom stereocenters. The van der Waals surface area contributed by atoms with Crippen LogP contribution in [-0.4, -0.2) is 27.8 Å². The third-order valence-corrected chi connectivity index (χ3v) is 4.92. The highest BCUT2D eigenvalue weighted by Gasteiger charge is 2.69. The molecule has 0 aromatic carbocycles. The Morgan fingerprint density at radius 1 is 1.39 bits per heavy atom. The van der Waals surface area contributed by atoms with Crippen molar-refractivity contribution in [1.29, 1.82) is 0 Å². The van der Waals surface area contributed by atoms with E-state index in [2.05, 4.69) is 0 Å². The molecule has 0 N–H and O–H groups in total. The fourth-order valence-corrected chi connectivity index (χ4v) is 4.34. The summed E-state index contributed by atoms with van der Waals surface area (Å²) in [4.78, 5) is 12.6. The molecule has 0 radical (unpaired) electrons. The second-order valence-corrected chi connectivity index (χ2v) is 7.15. The molecule has 0 amide bonds. The van der Waals surface area contributed by atoms with Gasteiger partial charge in [-0.15, -0.1) is 0 Å². The van der Waals surface area contributed by atoms with Gasteiger partial charge in [0.15, 0.2) is 0 Å². The number of rotatable bonds is 1. The Hall–Kier alpha value is -0.930. The Morgan fingerprint density at radius 3 is 2.72 bits per heavy atom. The number of carbonyl (C=O) groups excluding carboxylic acids is 1. The summed E-state index contributed by atoms with van der Waals surface area (Å²) in [5.74, 6) is 0.699. The second-order valence-electron chi connectivity index (χ2n) is 7.15. The summed E-state index contributed by atoms with van der Waals surface area (Å²) in [7, 11) is 0. The molecule has 4 heteroatoms. The van der Waals surface area contributed by atoms with E-state index < -0.39 is 11.1 Å². The molecule has 3 aliphatic rings. The molecule has 0 aromatic rings. The summed E-state index contributed by atoms with van der Waals surface area (Å²) in [5.41, 5.74) is 9.16. The molecule has 18 heavy (non-hydrogen) atoms. The first-order valence-corrected chi connectivity index (χ1v) is 7.06. The van der Waals surface area contributed by atoms with E-state index in [-0.39, 0.29) is 12.0 Å². The zero-order valence-corrected chi connectivity index (χ0v) is 11.5. The largest absolute Gasteiger partial charge is 0.506 e. The Kier molecular flexibility index (Phi) is 2.39. The van der Waals surface area contributed by atoms with Crippen LogP contribution in [0.3, 0.4) is 0 Å². The lowest BCUT2D eigenvalue weighted by Gasteiger charge is -2.43. The highest BCUT2D eigenvalue weighted by Crippen LogP contribution is 2.57. The zero-order valence-electron chi connectivity index (χ0n) is 11.5. The van der Waals surface area contributed by atoms with Gasteiger partial charge in [0.1, 0.15) is 11.6 Å². The smallest absolute Gasteiger partial charge is 0.378 e. The van der Waals surface area contributed by atoms with Crippen molar-refractivity contribution in [3.05, 3.63) is 5.53 Å². The molecule has 4 atom stereocenters. The Bertz CT molecular complexity index is 413. The first-order chi connectivity index (χ1) is 8.34. The van der Waals surface area contributed by atoms with Gasteiger partial charge in [0, 0.05) is 25.2 Å². The SMILES string of the molecule is CC(C)(C)OC(=O)[C@@]12CCCC3C[C@H](CC31)[N+]2=[N-]. The predicted molar refractivity (Wildman–Crippen MR) is 66.0 cm³/mol. The third-order valence-electron chi connectivity index (χ3n) is 4.92. The average molecular weight is 250 g/mol. The fourth-order valence-electron chi connectivity index (χ4n) is 4.34. The van der Waals surface area contributed by atoms with Crippen LogP contribution in [0.1, 0.15) is 52.9 Å². The number of carbonyl (C=O) groups is 1. The van der Waals surface area contributed by atoms with Crippen LogP contribution in [0.25, 0.3) is 5.53 Å². The van der Waals surface area contributed by atoms with Crippen LogP contribution >= 0.6 is 0 Å². The number of nitrogens with zero attached hydrogens (tertiary/aromatic N) is 2. The van der Waals surface area contributed by atoms with E-state index >= 15 is 0 Å². The van der Waals surface area contributed by atoms with E-state index in [9.17, 15) is 10.3 Å². The summed E-state index contributed by atoms with van der Waals surface area (Å²) in [5, 5.41) is 0. The molecule has 1 saturated heterocycles. The van der Waals surface area contributed by atoms with Gasteiger partial charge in [-0.05, 0) is 39.5 Å². The van der Waals surface area contributed by atoms with Crippen LogP contribution in [0.5, 0.6) is 0 Å². The van der Waals surface area contributed by atoms with Gasteiger partial charge in [0.05, 0.1) is 0 Å². The van der Waals surface area contributed by atoms with Crippen LogP contribution in [0, 0.1) is 11.8 Å². The van der Waals surface area contributed by atoms with Gasteiger partial charge in [-0.25, -0.2) is 4.79 Å². The average Bonchev–Trinajstić information content (AvgIpc) is 2.77. The van der Waals surface area contributed by atoms with Crippen molar-refractivity contribution in [2.75, 3.05) is 0 Å². The molecule has 3 fully saturated rings. The highest BCUT2D eigenvalue weighted by molar-refractivity contribution is 5.81. The molecule has 100 valence electrons. The van der Waals surface area contributed by atoms with Crippen LogP contribution in [-0.2, 0) is 9.53 Å². The van der Waals surface area contributed by atoms with Crippen LogP contribution in [0.2, 0.25) is 0 Å². The summed E-state index contributed by atoms with van der Waals surface area (Å²) < 4.78 is 6.93. The van der Waals surface area contributed by atoms with E-state index in [0.717, 1.165) is 25.7 Å². The monoisotopic (exact) mass is 250 g/mol. The maximum atomic E-state index is 12.6. The molecular weight excluding hydrogens is 228 g/mol. The van der Waals surface area contributed by atoms with E-state index in [1.54, 1.807) is 0 Å². The minimum absolute atomic E-state index is 0.174. The molecular formula is C14H22N2O2. The van der Waals surface area contributed by atoms with E-state index in [1.807, 2.05) is 20.8 Å². The Labute approximate surface area is 108 Å². The molecule has 4 nitrogen and oxygen atoms in total. The Morgan fingerprint density at radius 2 is 2.11 bits per heavy atom. The zero-order chi connectivity index (χ0) is 13.1. The minimum Gasteiger partial charge on any atom is -0.506 e. The van der Waals surface area contributed by atoms with Gasteiger partial charge in [-0.2, -0.15) is 0 Å². The number of piperidine rings is 1. The summed E-state index contributed by atoms with van der Waals surface area (Å²) in [6.07, 6.45) is 4.98. The van der Waals surface area contributed by atoms with Gasteiger partial charge in [0.25, 0.3) is 5.54 Å². The predicted octanol–water partition coefficient (Wildman–Crippen LogP) is 2.69. The number of fused-ring (bicyclic) bond motifs is 1. The van der Waals surface area contributed by atoms with Gasteiger partial charge < -0.3 is 15.0 Å². The van der Waals surface area contributed by atoms with Crippen molar-refractivity contribution >= 4 is 5.97 Å². The summed E-state index contributed by atoms with van der Waals surface area (Å²) >= 11 is 0. The third kappa shape index (κ3) is 1.47. The molecule has 2 bridgehead atoms. The van der Waals surface area contributed by atoms with Crippen molar-refractivity contribution in [2.45, 2.75) is 70.1 Å². The first-order valence-electron chi connectivity index (χ1n) is 7.06. The molecule has 1 heterocycles. The topological polar surface area (TPSA) is 51.6 Å². The number of hydrogen-bond donors (Lipinski definition) is 0. The molecule has 0 spiro atoms. The maximum absolute atomic E-state index is 12.6. The van der Waals surface area contributed by atoms with Gasteiger partial charge in [-0.1, -0.05) is 0 Å².